The van der Waals surface area contributed by atoms with Gasteiger partial charge >= 0.3 is 12.0 Å². The molecule has 0 saturated carbocycles. The Morgan fingerprint density at radius 2 is 2.25 bits per heavy atom. The zero-order valence-corrected chi connectivity index (χ0v) is 11.9. The molecular formula is C13H22N4O3. The van der Waals surface area contributed by atoms with Crippen LogP contribution in [0.2, 0.25) is 0 Å². The number of nitrogens with zero attached hydrogens (tertiary/aromatic N) is 2. The predicted octanol–water partition coefficient (Wildman–Crippen LogP) is 0.905. The Bertz CT molecular complexity index is 445. The fraction of sp³-hybridized carbons (Fsp3) is 0.615. The average molecular weight is 282 g/mol. The van der Waals surface area contributed by atoms with Crippen LogP contribution >= 0.6 is 0 Å². The van der Waals surface area contributed by atoms with Crippen molar-refractivity contribution in [2.24, 2.45) is 7.05 Å². The first-order valence-corrected chi connectivity index (χ1v) is 6.71. The van der Waals surface area contributed by atoms with E-state index in [4.69, 9.17) is 5.11 Å². The second-order valence-corrected chi connectivity index (χ2v) is 4.86. The van der Waals surface area contributed by atoms with Crippen LogP contribution in [0.25, 0.3) is 0 Å². The summed E-state index contributed by atoms with van der Waals surface area (Å²) in [7, 11) is 1.85. The van der Waals surface area contributed by atoms with E-state index in [0.717, 1.165) is 12.0 Å². The zero-order valence-electron chi connectivity index (χ0n) is 11.9. The first-order chi connectivity index (χ1) is 9.47. The molecule has 3 N–H and O–H groups in total. The quantitative estimate of drug-likeness (QED) is 0.660. The summed E-state index contributed by atoms with van der Waals surface area (Å²) >= 11 is 0. The van der Waals surface area contributed by atoms with Crippen molar-refractivity contribution >= 4 is 12.0 Å². The highest BCUT2D eigenvalue weighted by Gasteiger charge is 2.07. The fourth-order valence-electron chi connectivity index (χ4n) is 1.83. The van der Waals surface area contributed by atoms with Crippen molar-refractivity contribution in [1.29, 1.82) is 0 Å². The van der Waals surface area contributed by atoms with Gasteiger partial charge in [0, 0.05) is 32.3 Å². The van der Waals surface area contributed by atoms with Gasteiger partial charge in [-0.2, -0.15) is 5.10 Å². The molecule has 1 unspecified atom stereocenters. The number of carbonyl (C=O) groups excluding carboxylic acids is 1. The zero-order chi connectivity index (χ0) is 15.0. The monoisotopic (exact) mass is 282 g/mol. The number of hydrogen-bond donors (Lipinski definition) is 3. The highest BCUT2D eigenvalue weighted by Crippen LogP contribution is 2.00. The van der Waals surface area contributed by atoms with Crippen LogP contribution in [-0.4, -0.2) is 39.5 Å². The lowest BCUT2D eigenvalue weighted by atomic mass is 10.1. The summed E-state index contributed by atoms with van der Waals surface area (Å²) in [4.78, 5) is 22.0. The minimum atomic E-state index is -0.807. The van der Waals surface area contributed by atoms with Gasteiger partial charge in [-0.3, -0.25) is 9.48 Å². The third kappa shape index (κ3) is 6.77. The normalized spacial score (nSPS) is 11.9. The van der Waals surface area contributed by atoms with E-state index in [9.17, 15) is 9.59 Å². The number of rotatable bonds is 8. The number of nitrogens with one attached hydrogen (secondary N) is 2. The molecule has 20 heavy (non-hydrogen) atoms. The van der Waals surface area contributed by atoms with E-state index in [0.29, 0.717) is 19.4 Å². The van der Waals surface area contributed by atoms with E-state index >= 15 is 0 Å². The van der Waals surface area contributed by atoms with Crippen molar-refractivity contribution in [1.82, 2.24) is 20.4 Å². The smallest absolute Gasteiger partial charge is 0.315 e. The minimum absolute atomic E-state index is 0.0345. The van der Waals surface area contributed by atoms with Crippen LogP contribution in [0.5, 0.6) is 0 Å². The Morgan fingerprint density at radius 1 is 1.50 bits per heavy atom. The number of carboxylic acids is 1. The molecule has 0 radical (unpaired) electrons. The number of urea groups is 1. The Labute approximate surface area is 118 Å². The Balaban J connectivity index is 2.11. The summed E-state index contributed by atoms with van der Waals surface area (Å²) in [6, 6.07) is -0.260. The highest BCUT2D eigenvalue weighted by molar-refractivity contribution is 5.74. The number of amides is 2. The van der Waals surface area contributed by atoms with Crippen LogP contribution in [0.1, 0.15) is 31.7 Å². The summed E-state index contributed by atoms with van der Waals surface area (Å²) in [5.41, 5.74) is 1.07. The van der Waals surface area contributed by atoms with Gasteiger partial charge in [0.1, 0.15) is 0 Å². The molecule has 7 nitrogen and oxygen atoms in total. The van der Waals surface area contributed by atoms with E-state index in [2.05, 4.69) is 15.7 Å². The number of carboxylic acid groups (broad SMARTS) is 1. The molecule has 0 saturated heterocycles. The molecule has 0 aliphatic heterocycles. The molecule has 0 aliphatic carbocycles. The molecule has 0 aromatic carbocycles. The highest BCUT2D eigenvalue weighted by atomic mass is 16.4. The number of hydrogen-bond acceptors (Lipinski definition) is 3. The molecule has 0 aliphatic rings. The third-order valence-electron chi connectivity index (χ3n) is 2.86. The molecule has 1 rings (SSSR count). The molecule has 112 valence electrons. The molecule has 7 heteroatoms. The van der Waals surface area contributed by atoms with Gasteiger partial charge in [0.2, 0.25) is 0 Å². The van der Waals surface area contributed by atoms with Crippen molar-refractivity contribution in [2.45, 2.75) is 38.6 Å². The minimum Gasteiger partial charge on any atom is -0.481 e. The third-order valence-corrected chi connectivity index (χ3v) is 2.86. The van der Waals surface area contributed by atoms with Crippen LogP contribution in [-0.2, 0) is 18.3 Å². The Hall–Kier alpha value is -2.05. The van der Waals surface area contributed by atoms with Crippen molar-refractivity contribution < 1.29 is 14.7 Å². The molecule has 1 aromatic rings. The molecule has 1 aromatic heterocycles. The van der Waals surface area contributed by atoms with Crippen molar-refractivity contribution in [3.63, 3.8) is 0 Å². The Kier molecular flexibility index (Phi) is 6.55. The van der Waals surface area contributed by atoms with E-state index in [-0.39, 0.29) is 18.5 Å². The molecule has 1 heterocycles. The summed E-state index contributed by atoms with van der Waals surface area (Å²) in [5, 5.41) is 18.1. The van der Waals surface area contributed by atoms with Gasteiger partial charge in [0.05, 0.1) is 6.20 Å². The largest absolute Gasteiger partial charge is 0.481 e. The first kappa shape index (κ1) is 16.0. The van der Waals surface area contributed by atoms with Crippen molar-refractivity contribution in [3.05, 3.63) is 18.0 Å². The van der Waals surface area contributed by atoms with Crippen molar-refractivity contribution in [3.8, 4) is 0 Å². The molecular weight excluding hydrogens is 260 g/mol. The van der Waals surface area contributed by atoms with Crippen LogP contribution in [0.3, 0.4) is 0 Å². The van der Waals surface area contributed by atoms with E-state index < -0.39 is 5.97 Å². The van der Waals surface area contributed by atoms with Crippen LogP contribution < -0.4 is 10.6 Å². The van der Waals surface area contributed by atoms with Gasteiger partial charge in [0.25, 0.3) is 0 Å². The second kappa shape index (κ2) is 8.19. The summed E-state index contributed by atoms with van der Waals surface area (Å²) in [6.07, 6.45) is 5.76. The van der Waals surface area contributed by atoms with Crippen LogP contribution in [0, 0.1) is 0 Å². The lowest BCUT2D eigenvalue weighted by molar-refractivity contribution is -0.137. The summed E-state index contributed by atoms with van der Waals surface area (Å²) < 4.78 is 1.72. The van der Waals surface area contributed by atoms with Gasteiger partial charge in [-0.1, -0.05) is 0 Å². The van der Waals surface area contributed by atoms with Crippen LogP contribution in [0.15, 0.2) is 12.4 Å². The van der Waals surface area contributed by atoms with Gasteiger partial charge in [-0.15, -0.1) is 0 Å². The van der Waals surface area contributed by atoms with Gasteiger partial charge < -0.3 is 15.7 Å². The van der Waals surface area contributed by atoms with Crippen molar-refractivity contribution in [2.75, 3.05) is 6.54 Å². The maximum Gasteiger partial charge on any atom is 0.315 e. The van der Waals surface area contributed by atoms with Crippen LogP contribution in [0.4, 0.5) is 4.79 Å². The summed E-state index contributed by atoms with van der Waals surface area (Å²) in [6.45, 7) is 2.40. The average Bonchev–Trinajstić information content (AvgIpc) is 2.74. The van der Waals surface area contributed by atoms with Gasteiger partial charge in [-0.05, 0) is 31.7 Å². The first-order valence-electron chi connectivity index (χ1n) is 6.71. The number of aromatic nitrogens is 2. The second-order valence-electron chi connectivity index (χ2n) is 4.86. The lowest BCUT2D eigenvalue weighted by Gasteiger charge is -2.13. The molecule has 1 atom stereocenters. The van der Waals surface area contributed by atoms with Gasteiger partial charge in [0.15, 0.2) is 0 Å². The maximum atomic E-state index is 11.6. The van der Waals surface area contributed by atoms with E-state index in [1.54, 1.807) is 10.9 Å². The maximum absolute atomic E-state index is 11.6. The number of carbonyl (C=O) groups is 2. The lowest BCUT2D eigenvalue weighted by Crippen LogP contribution is -2.41. The number of aliphatic carboxylic acids is 1. The molecule has 0 fully saturated rings. The Morgan fingerprint density at radius 3 is 2.85 bits per heavy atom. The molecule has 0 bridgehead atoms. The summed E-state index contributed by atoms with van der Waals surface area (Å²) in [5.74, 6) is -0.807. The van der Waals surface area contributed by atoms with E-state index in [1.165, 1.54) is 0 Å². The predicted molar refractivity (Wildman–Crippen MR) is 74.4 cm³/mol. The standard InChI is InChI=1S/C13H22N4O3/c1-10(4-3-5-12(18)19)16-13(20)14-7-6-11-8-15-17(2)9-11/h8-10H,3-7H2,1-2H3,(H,18,19)(H2,14,16,20). The topological polar surface area (TPSA) is 96.2 Å². The molecule has 2 amide bonds. The number of aryl methyl sites for hydroxylation is 1. The fourth-order valence-corrected chi connectivity index (χ4v) is 1.83. The SMILES string of the molecule is CC(CCCC(=O)O)NC(=O)NCCc1cnn(C)c1. The van der Waals surface area contributed by atoms with Gasteiger partial charge in [-0.25, -0.2) is 4.79 Å². The van der Waals surface area contributed by atoms with E-state index in [1.807, 2.05) is 20.2 Å². The molecule has 0 spiro atoms.